The van der Waals surface area contributed by atoms with Crippen molar-refractivity contribution in [3.8, 4) is 0 Å². The van der Waals surface area contributed by atoms with Crippen molar-refractivity contribution < 1.29 is 9.53 Å². The van der Waals surface area contributed by atoms with Crippen molar-refractivity contribution in [3.63, 3.8) is 0 Å². The average molecular weight is 284 g/mol. The quantitative estimate of drug-likeness (QED) is 0.330. The number of carbonyl (C=O) groups excluding carboxylic acids is 1. The Labute approximate surface area is 126 Å². The van der Waals surface area contributed by atoms with Crippen LogP contribution in [0, 0.1) is 5.41 Å². The molecule has 120 valence electrons. The first-order chi connectivity index (χ1) is 9.45. The predicted molar refractivity (Wildman–Crippen MR) is 86.9 cm³/mol. The average Bonchev–Trinajstić information content (AvgIpc) is 2.36. The van der Waals surface area contributed by atoms with Crippen LogP contribution in [0.25, 0.3) is 0 Å². The summed E-state index contributed by atoms with van der Waals surface area (Å²) in [7, 11) is 0. The Morgan fingerprint density at radius 3 is 2.10 bits per heavy atom. The molecule has 0 rings (SSSR count). The first-order valence-electron chi connectivity index (χ1n) is 8.61. The molecule has 0 saturated carbocycles. The Balaban J connectivity index is 3.25. The fourth-order valence-electron chi connectivity index (χ4n) is 2.24. The van der Waals surface area contributed by atoms with Crippen molar-refractivity contribution in [2.75, 3.05) is 6.61 Å². The zero-order valence-electron chi connectivity index (χ0n) is 14.3. The zero-order valence-corrected chi connectivity index (χ0v) is 14.3. The van der Waals surface area contributed by atoms with Gasteiger partial charge in [-0.3, -0.25) is 4.79 Å². The van der Waals surface area contributed by atoms with E-state index in [1.165, 1.54) is 44.9 Å². The van der Waals surface area contributed by atoms with Gasteiger partial charge in [-0.05, 0) is 24.7 Å². The van der Waals surface area contributed by atoms with Gasteiger partial charge in [0.1, 0.15) is 0 Å². The van der Waals surface area contributed by atoms with Crippen LogP contribution < -0.4 is 0 Å². The minimum atomic E-state index is -0.00526. The lowest BCUT2D eigenvalue weighted by atomic mass is 9.89. The van der Waals surface area contributed by atoms with Gasteiger partial charge >= 0.3 is 5.97 Å². The molecule has 0 unspecified atom stereocenters. The molecule has 2 nitrogen and oxygen atoms in total. The SMILES string of the molecule is CCCCCCCCOC(=O)CCCCCC(C)(C)C. The molecule has 0 aromatic heterocycles. The lowest BCUT2D eigenvalue weighted by molar-refractivity contribution is -0.143. The number of hydrogen-bond acceptors (Lipinski definition) is 2. The first-order valence-corrected chi connectivity index (χ1v) is 8.61. The Kier molecular flexibility index (Phi) is 11.9. The highest BCUT2D eigenvalue weighted by Gasteiger charge is 2.09. The number of unbranched alkanes of at least 4 members (excludes halogenated alkanes) is 7. The third-order valence-corrected chi connectivity index (χ3v) is 3.57. The maximum absolute atomic E-state index is 11.5. The van der Waals surface area contributed by atoms with Crippen molar-refractivity contribution in [3.05, 3.63) is 0 Å². The third-order valence-electron chi connectivity index (χ3n) is 3.57. The predicted octanol–water partition coefficient (Wildman–Crippen LogP) is 5.89. The minimum Gasteiger partial charge on any atom is -0.466 e. The number of rotatable bonds is 12. The van der Waals surface area contributed by atoms with E-state index in [-0.39, 0.29) is 5.97 Å². The van der Waals surface area contributed by atoms with Crippen LogP contribution in [-0.4, -0.2) is 12.6 Å². The van der Waals surface area contributed by atoms with E-state index in [0.29, 0.717) is 18.4 Å². The number of hydrogen-bond donors (Lipinski definition) is 0. The highest BCUT2D eigenvalue weighted by atomic mass is 16.5. The second-order valence-electron chi connectivity index (χ2n) is 7.11. The summed E-state index contributed by atoms with van der Waals surface area (Å²) in [5.41, 5.74) is 0.415. The number of ether oxygens (including phenoxy) is 1. The topological polar surface area (TPSA) is 26.3 Å². The molecule has 0 spiro atoms. The van der Waals surface area contributed by atoms with E-state index in [1.54, 1.807) is 0 Å². The second kappa shape index (κ2) is 12.2. The van der Waals surface area contributed by atoms with Gasteiger partial charge in [0.05, 0.1) is 6.61 Å². The van der Waals surface area contributed by atoms with Gasteiger partial charge in [-0.2, -0.15) is 0 Å². The molecule has 0 heterocycles. The normalized spacial score (nSPS) is 11.6. The van der Waals surface area contributed by atoms with E-state index in [2.05, 4.69) is 27.7 Å². The summed E-state index contributed by atoms with van der Waals surface area (Å²) in [6.07, 6.45) is 12.6. The Bertz CT molecular complexity index is 228. The molecule has 0 aromatic rings. The molecule has 0 radical (unpaired) electrons. The number of esters is 1. The molecule has 0 aliphatic heterocycles. The van der Waals surface area contributed by atoms with Gasteiger partial charge in [-0.15, -0.1) is 0 Å². The molecule has 0 bridgehead atoms. The van der Waals surface area contributed by atoms with Gasteiger partial charge in [0.2, 0.25) is 0 Å². The Hall–Kier alpha value is -0.530. The largest absolute Gasteiger partial charge is 0.466 e. The summed E-state index contributed by atoms with van der Waals surface area (Å²) in [5, 5.41) is 0. The summed E-state index contributed by atoms with van der Waals surface area (Å²) in [4.78, 5) is 11.5. The van der Waals surface area contributed by atoms with Crippen LogP contribution in [0.5, 0.6) is 0 Å². The monoisotopic (exact) mass is 284 g/mol. The van der Waals surface area contributed by atoms with E-state index < -0.39 is 0 Å². The molecule has 0 aliphatic carbocycles. The van der Waals surface area contributed by atoms with E-state index in [9.17, 15) is 4.79 Å². The molecule has 2 heteroatoms. The van der Waals surface area contributed by atoms with Crippen LogP contribution in [0.3, 0.4) is 0 Å². The van der Waals surface area contributed by atoms with Gasteiger partial charge in [-0.1, -0.05) is 72.6 Å². The maximum atomic E-state index is 11.5. The lowest BCUT2D eigenvalue weighted by Gasteiger charge is -2.17. The smallest absolute Gasteiger partial charge is 0.305 e. The van der Waals surface area contributed by atoms with Gasteiger partial charge in [-0.25, -0.2) is 0 Å². The molecule has 0 saturated heterocycles. The van der Waals surface area contributed by atoms with Crippen molar-refractivity contribution in [2.45, 2.75) is 98.3 Å². The molecule has 0 amide bonds. The number of carbonyl (C=O) groups is 1. The van der Waals surface area contributed by atoms with Gasteiger partial charge in [0.15, 0.2) is 0 Å². The Morgan fingerprint density at radius 1 is 0.850 bits per heavy atom. The molecule has 0 aliphatic rings. The summed E-state index contributed by atoms with van der Waals surface area (Å²) in [5.74, 6) is -0.00526. The zero-order chi connectivity index (χ0) is 15.3. The molecule has 0 fully saturated rings. The van der Waals surface area contributed by atoms with Gasteiger partial charge in [0, 0.05) is 6.42 Å². The van der Waals surface area contributed by atoms with E-state index in [4.69, 9.17) is 4.74 Å². The van der Waals surface area contributed by atoms with Crippen LogP contribution in [0.15, 0.2) is 0 Å². The van der Waals surface area contributed by atoms with E-state index >= 15 is 0 Å². The maximum Gasteiger partial charge on any atom is 0.305 e. The Morgan fingerprint density at radius 2 is 1.45 bits per heavy atom. The second-order valence-corrected chi connectivity index (χ2v) is 7.11. The van der Waals surface area contributed by atoms with Crippen LogP contribution in [0.1, 0.15) is 98.3 Å². The highest BCUT2D eigenvalue weighted by molar-refractivity contribution is 5.69. The summed E-state index contributed by atoms with van der Waals surface area (Å²) in [6, 6.07) is 0. The lowest BCUT2D eigenvalue weighted by Crippen LogP contribution is -2.06. The van der Waals surface area contributed by atoms with Crippen molar-refractivity contribution in [1.82, 2.24) is 0 Å². The van der Waals surface area contributed by atoms with E-state index in [0.717, 1.165) is 19.3 Å². The summed E-state index contributed by atoms with van der Waals surface area (Å²) in [6.45, 7) is 9.64. The van der Waals surface area contributed by atoms with Crippen LogP contribution in [0.4, 0.5) is 0 Å². The minimum absolute atomic E-state index is 0.00526. The van der Waals surface area contributed by atoms with Crippen molar-refractivity contribution in [1.29, 1.82) is 0 Å². The fourth-order valence-corrected chi connectivity index (χ4v) is 2.24. The van der Waals surface area contributed by atoms with Gasteiger partial charge < -0.3 is 4.74 Å². The molecule has 0 atom stereocenters. The van der Waals surface area contributed by atoms with Gasteiger partial charge in [0.25, 0.3) is 0 Å². The van der Waals surface area contributed by atoms with Crippen LogP contribution >= 0.6 is 0 Å². The van der Waals surface area contributed by atoms with Crippen LogP contribution in [-0.2, 0) is 9.53 Å². The first kappa shape index (κ1) is 19.5. The summed E-state index contributed by atoms with van der Waals surface area (Å²) >= 11 is 0. The molecule has 0 aromatic carbocycles. The van der Waals surface area contributed by atoms with Crippen LogP contribution in [0.2, 0.25) is 0 Å². The molecular formula is C18H36O2. The molecule has 20 heavy (non-hydrogen) atoms. The summed E-state index contributed by atoms with van der Waals surface area (Å²) < 4.78 is 5.26. The van der Waals surface area contributed by atoms with E-state index in [1.807, 2.05) is 0 Å². The third kappa shape index (κ3) is 15.5. The van der Waals surface area contributed by atoms with Crippen molar-refractivity contribution in [2.24, 2.45) is 5.41 Å². The van der Waals surface area contributed by atoms with Crippen molar-refractivity contribution >= 4 is 5.97 Å². The molecule has 0 N–H and O–H groups in total. The molecular weight excluding hydrogens is 248 g/mol. The highest BCUT2D eigenvalue weighted by Crippen LogP contribution is 2.22. The standard InChI is InChI=1S/C18H36O2/c1-5-6-7-8-9-13-16-20-17(19)14-11-10-12-15-18(2,3)4/h5-16H2,1-4H3. The fraction of sp³-hybridized carbons (Fsp3) is 0.944.